The fourth-order valence-corrected chi connectivity index (χ4v) is 10.6. The second kappa shape index (κ2) is 26.4. The Morgan fingerprint density at radius 1 is 0.961 bits per heavy atom. The molecule has 0 saturated carbocycles. The van der Waals surface area contributed by atoms with Gasteiger partial charge in [0.2, 0.25) is 17.7 Å². The van der Waals surface area contributed by atoms with Crippen LogP contribution in [0.4, 0.5) is 5.69 Å². The average Bonchev–Trinajstić information content (AvgIpc) is 4.03. The van der Waals surface area contributed by atoms with E-state index in [0.29, 0.717) is 35.8 Å². The highest BCUT2D eigenvalue weighted by molar-refractivity contribution is 7.13. The van der Waals surface area contributed by atoms with E-state index in [2.05, 4.69) is 55.6 Å². The van der Waals surface area contributed by atoms with Crippen molar-refractivity contribution in [1.82, 2.24) is 30.8 Å². The highest BCUT2D eigenvalue weighted by Crippen LogP contribution is 2.35. The van der Waals surface area contributed by atoms with E-state index in [0.717, 1.165) is 69.0 Å². The molecule has 4 heterocycles. The van der Waals surface area contributed by atoms with E-state index in [4.69, 9.17) is 18.9 Å². The first-order valence-corrected chi connectivity index (χ1v) is 27.1. The standard InChI is InChI=1S/C59H73N7O10S/c1-10-65(45-21-24-75-25-22-45)49-30-44(29-47(37(49)3)55(69)60-32-48-51(73-9)28-36(2)62-56(48)70)42-15-13-40(14-16-42)12-11-23-74-26-27-76-34-52(68)64-54(59(6,7)8)58(72)66-33-46(67)31-50(66)57(71)63-38(4)41-17-19-43(20-18-41)53-39(5)61-35-77-53/h13-20,28-30,35,38,45-46,50,54,67H,10,21-27,31-34H2,1-9H3,(H,60,69)(H,62,70)(H,63,71)(H,64,68)/t38-,46+,50-,54+/m0/s1. The molecular formula is C59H73N7O10S. The van der Waals surface area contributed by atoms with Crippen molar-refractivity contribution in [2.24, 2.45) is 5.41 Å². The maximum Gasteiger partial charge on any atom is 0.256 e. The topological polar surface area (TPSA) is 214 Å². The van der Waals surface area contributed by atoms with Crippen molar-refractivity contribution < 1.29 is 43.2 Å². The van der Waals surface area contributed by atoms with Gasteiger partial charge < -0.3 is 54.8 Å². The summed E-state index contributed by atoms with van der Waals surface area (Å²) in [6.45, 7) is 17.3. The summed E-state index contributed by atoms with van der Waals surface area (Å²) in [4.78, 5) is 79.8. The third-order valence-corrected chi connectivity index (χ3v) is 15.1. The van der Waals surface area contributed by atoms with E-state index in [1.165, 1.54) is 12.0 Å². The lowest BCUT2D eigenvalue weighted by molar-refractivity contribution is -0.144. The van der Waals surface area contributed by atoms with Crippen molar-refractivity contribution in [3.63, 3.8) is 0 Å². The zero-order chi connectivity index (χ0) is 55.4. The summed E-state index contributed by atoms with van der Waals surface area (Å²) in [6.07, 6.45) is 0.932. The van der Waals surface area contributed by atoms with Gasteiger partial charge in [0.25, 0.3) is 11.5 Å². The summed E-state index contributed by atoms with van der Waals surface area (Å²) in [5.41, 5.74) is 9.46. The number of H-pyrrole nitrogens is 1. The van der Waals surface area contributed by atoms with Gasteiger partial charge >= 0.3 is 0 Å². The number of carbonyl (C=O) groups excluding carboxylic acids is 4. The quantitative estimate of drug-likeness (QED) is 0.0403. The minimum Gasteiger partial charge on any atom is -0.496 e. The van der Waals surface area contributed by atoms with E-state index in [9.17, 15) is 29.1 Å². The van der Waals surface area contributed by atoms with E-state index < -0.39 is 35.4 Å². The van der Waals surface area contributed by atoms with Gasteiger partial charge in [0, 0.05) is 61.3 Å². The highest BCUT2D eigenvalue weighted by Gasteiger charge is 2.45. The van der Waals surface area contributed by atoms with Crippen molar-refractivity contribution in [3.8, 4) is 39.2 Å². The Kier molecular flexibility index (Phi) is 19.9. The molecule has 0 aliphatic carbocycles. The second-order valence-corrected chi connectivity index (χ2v) is 21.5. The fourth-order valence-electron chi connectivity index (χ4n) is 9.83. The molecule has 0 bridgehead atoms. The summed E-state index contributed by atoms with van der Waals surface area (Å²) in [5.74, 6) is 4.90. The number of benzene rings is 3. The van der Waals surface area contributed by atoms with Gasteiger partial charge in [0.05, 0.1) is 60.7 Å². The number of aliphatic hydroxyl groups is 1. The van der Waals surface area contributed by atoms with Crippen LogP contribution in [0.15, 0.2) is 77.0 Å². The molecule has 3 aromatic carbocycles. The van der Waals surface area contributed by atoms with Crippen LogP contribution in [0.1, 0.15) is 104 Å². The lowest BCUT2D eigenvalue weighted by Gasteiger charge is -2.37. The summed E-state index contributed by atoms with van der Waals surface area (Å²) in [7, 11) is 1.50. The van der Waals surface area contributed by atoms with Crippen LogP contribution < -0.4 is 31.1 Å². The van der Waals surface area contributed by atoms with Crippen LogP contribution in [0.3, 0.4) is 0 Å². The van der Waals surface area contributed by atoms with Gasteiger partial charge in [-0.2, -0.15) is 0 Å². The zero-order valence-corrected chi connectivity index (χ0v) is 46.5. The lowest BCUT2D eigenvalue weighted by atomic mass is 9.85. The molecule has 410 valence electrons. The summed E-state index contributed by atoms with van der Waals surface area (Å²) >= 11 is 1.57. The molecule has 2 fully saturated rings. The van der Waals surface area contributed by atoms with Crippen LogP contribution in [0, 0.1) is 38.0 Å². The van der Waals surface area contributed by atoms with Crippen molar-refractivity contribution in [2.45, 2.75) is 111 Å². The zero-order valence-electron chi connectivity index (χ0n) is 45.7. The number of aromatic amines is 1. The van der Waals surface area contributed by atoms with Gasteiger partial charge in [-0.1, -0.05) is 69.0 Å². The summed E-state index contributed by atoms with van der Waals surface area (Å²) in [6, 6.07) is 19.4. The summed E-state index contributed by atoms with van der Waals surface area (Å²) in [5, 5.41) is 19.5. The number of ether oxygens (including phenoxy) is 4. The first-order chi connectivity index (χ1) is 36.9. The molecule has 4 atom stereocenters. The van der Waals surface area contributed by atoms with Gasteiger partial charge in [-0.15, -0.1) is 11.3 Å². The van der Waals surface area contributed by atoms with Crippen molar-refractivity contribution in [2.75, 3.05) is 64.7 Å². The predicted molar refractivity (Wildman–Crippen MR) is 298 cm³/mol. The van der Waals surface area contributed by atoms with Crippen LogP contribution in [-0.2, 0) is 35.1 Å². The largest absolute Gasteiger partial charge is 0.496 e. The van der Waals surface area contributed by atoms with Crippen molar-refractivity contribution >= 4 is 40.7 Å². The number of likely N-dealkylation sites (tertiary alicyclic amines) is 1. The number of nitrogens with one attached hydrogen (secondary N) is 4. The minimum atomic E-state index is -0.999. The third-order valence-electron chi connectivity index (χ3n) is 14.1. The molecule has 7 rings (SSSR count). The molecule has 0 unspecified atom stereocenters. The maximum atomic E-state index is 14.1. The number of aryl methyl sites for hydroxylation is 2. The van der Waals surface area contributed by atoms with E-state index >= 15 is 0 Å². The highest BCUT2D eigenvalue weighted by atomic mass is 32.1. The maximum absolute atomic E-state index is 14.1. The second-order valence-electron chi connectivity index (χ2n) is 20.7. The molecule has 0 spiro atoms. The molecular weight excluding hydrogens is 999 g/mol. The molecule has 18 heteroatoms. The number of hydrogen-bond acceptors (Lipinski definition) is 13. The number of β-amino-alcohol motifs (C(OH)–C–C–N with tert-alkyl or cyclic N) is 1. The Morgan fingerprint density at radius 2 is 1.66 bits per heavy atom. The monoisotopic (exact) mass is 1070 g/mol. The molecule has 5 N–H and O–H groups in total. The number of hydrogen-bond donors (Lipinski definition) is 5. The number of anilines is 1. The predicted octanol–water partition coefficient (Wildman–Crippen LogP) is 6.79. The molecule has 77 heavy (non-hydrogen) atoms. The minimum absolute atomic E-state index is 0.0123. The number of pyridine rings is 1. The number of aliphatic hydroxyl groups excluding tert-OH is 1. The molecule has 0 radical (unpaired) electrons. The number of carbonyl (C=O) groups is 4. The Labute approximate surface area is 455 Å². The van der Waals surface area contributed by atoms with Gasteiger partial charge in [0.15, 0.2) is 0 Å². The van der Waals surface area contributed by atoms with Gasteiger partial charge in [0.1, 0.15) is 31.0 Å². The molecule has 2 aliphatic rings. The number of aromatic nitrogens is 2. The smallest absolute Gasteiger partial charge is 0.256 e. The van der Waals surface area contributed by atoms with Crippen molar-refractivity contribution in [1.29, 1.82) is 0 Å². The number of rotatable bonds is 20. The van der Waals surface area contributed by atoms with E-state index in [1.807, 2.05) is 102 Å². The Morgan fingerprint density at radius 3 is 2.32 bits per heavy atom. The van der Waals surface area contributed by atoms with Crippen LogP contribution in [0.25, 0.3) is 21.6 Å². The summed E-state index contributed by atoms with van der Waals surface area (Å²) < 4.78 is 22.4. The van der Waals surface area contributed by atoms with Gasteiger partial charge in [-0.25, -0.2) is 4.98 Å². The molecule has 4 amide bonds. The molecule has 2 aromatic heterocycles. The van der Waals surface area contributed by atoms with Crippen LogP contribution in [0.2, 0.25) is 0 Å². The third kappa shape index (κ3) is 14.8. The molecule has 2 saturated heterocycles. The lowest BCUT2D eigenvalue weighted by Crippen LogP contribution is -2.58. The van der Waals surface area contributed by atoms with E-state index in [-0.39, 0.29) is 75.4 Å². The van der Waals surface area contributed by atoms with Crippen molar-refractivity contribution in [3.05, 3.63) is 122 Å². The van der Waals surface area contributed by atoms with E-state index in [1.54, 1.807) is 24.3 Å². The number of nitrogens with zero attached hydrogens (tertiary/aromatic N) is 3. The molecule has 5 aromatic rings. The first kappa shape index (κ1) is 57.8. The SMILES string of the molecule is CCN(c1cc(-c2ccc(C#CCOCCOCC(=O)N[C@H](C(=O)N3C[C@H](O)C[C@H]3C(=O)N[C@@H](C)c3ccc(-c4scnc4C)cc3)C(C)(C)C)cc2)cc(C(=O)NCc2c(OC)cc(C)[nH]c2=O)c1C)C1CCOCC1. The Balaban J connectivity index is 0.902. The van der Waals surface area contributed by atoms with Crippen LogP contribution in [-0.4, -0.2) is 128 Å². The normalized spacial score (nSPS) is 16.5. The number of methoxy groups -OCH3 is 1. The van der Waals surface area contributed by atoms with Crippen LogP contribution in [0.5, 0.6) is 5.75 Å². The average molecular weight is 1070 g/mol. The number of thiazole rings is 1. The Bertz CT molecular complexity index is 2990. The first-order valence-electron chi connectivity index (χ1n) is 26.2. The Hall–Kier alpha value is -6.88. The molecule has 17 nitrogen and oxygen atoms in total. The molecule has 2 aliphatic heterocycles. The van der Waals surface area contributed by atoms with Gasteiger partial charge in [-0.3, -0.25) is 24.0 Å². The van der Waals surface area contributed by atoms with Crippen LogP contribution >= 0.6 is 11.3 Å². The van der Waals surface area contributed by atoms with Gasteiger partial charge in [-0.05, 0) is 111 Å². The fraction of sp³-hybridized carbons (Fsp3) is 0.458. The number of amides is 4.